The zero-order valence-electron chi connectivity index (χ0n) is 9.37. The lowest BCUT2D eigenvalue weighted by molar-refractivity contribution is -0.152. The molecule has 17 heavy (non-hydrogen) atoms. The van der Waals surface area contributed by atoms with Crippen LogP contribution in [0.3, 0.4) is 0 Å². The number of halogens is 3. The van der Waals surface area contributed by atoms with Crippen molar-refractivity contribution in [2.75, 3.05) is 24.5 Å². The minimum absolute atomic E-state index is 0.112. The molecule has 94 valence electrons. The molecule has 0 saturated carbocycles. The van der Waals surface area contributed by atoms with Gasteiger partial charge < -0.3 is 10.6 Å². The second kappa shape index (κ2) is 4.56. The number of anilines is 1. The van der Waals surface area contributed by atoms with Crippen molar-refractivity contribution in [3.05, 3.63) is 29.8 Å². The van der Waals surface area contributed by atoms with Crippen molar-refractivity contribution < 1.29 is 13.2 Å². The third-order valence-corrected chi connectivity index (χ3v) is 3.13. The molecular weight excluding hydrogens is 229 g/mol. The maximum Gasteiger partial charge on any atom is 0.395 e. The summed E-state index contributed by atoms with van der Waals surface area (Å²) in [5.74, 6) is -1.34. The molecule has 0 fully saturated rings. The zero-order valence-corrected chi connectivity index (χ0v) is 9.37. The normalized spacial score (nSPS) is 20.2. The Morgan fingerprint density at radius 3 is 2.65 bits per heavy atom. The second-order valence-corrected chi connectivity index (χ2v) is 4.22. The molecular formula is C12H15F3N2. The van der Waals surface area contributed by atoms with Gasteiger partial charge in [-0.15, -0.1) is 0 Å². The van der Waals surface area contributed by atoms with Gasteiger partial charge in [-0.1, -0.05) is 18.2 Å². The van der Waals surface area contributed by atoms with Gasteiger partial charge in [0, 0.05) is 25.3 Å². The number of fused-ring (bicyclic) bond motifs is 1. The number of para-hydroxylation sites is 1. The van der Waals surface area contributed by atoms with Gasteiger partial charge >= 0.3 is 6.18 Å². The van der Waals surface area contributed by atoms with E-state index >= 15 is 0 Å². The maximum atomic E-state index is 12.9. The Hall–Kier alpha value is -1.23. The summed E-state index contributed by atoms with van der Waals surface area (Å²) in [5, 5.41) is 0. The number of hydrogen-bond acceptors (Lipinski definition) is 2. The molecule has 1 heterocycles. The Morgan fingerprint density at radius 1 is 1.29 bits per heavy atom. The minimum atomic E-state index is -4.16. The molecule has 1 aromatic carbocycles. The van der Waals surface area contributed by atoms with Gasteiger partial charge in [-0.3, -0.25) is 0 Å². The van der Waals surface area contributed by atoms with Crippen molar-refractivity contribution in [3.8, 4) is 0 Å². The predicted molar refractivity (Wildman–Crippen MR) is 61.1 cm³/mol. The Bertz CT molecular complexity index is 390. The van der Waals surface area contributed by atoms with E-state index in [1.807, 2.05) is 4.90 Å². The van der Waals surface area contributed by atoms with Gasteiger partial charge in [0.1, 0.15) is 0 Å². The van der Waals surface area contributed by atoms with Crippen molar-refractivity contribution in [1.82, 2.24) is 0 Å². The highest BCUT2D eigenvalue weighted by Gasteiger charge is 2.43. The van der Waals surface area contributed by atoms with Crippen molar-refractivity contribution >= 4 is 5.69 Å². The van der Waals surface area contributed by atoms with Crippen LogP contribution < -0.4 is 10.6 Å². The summed E-state index contributed by atoms with van der Waals surface area (Å²) >= 11 is 0. The summed E-state index contributed by atoms with van der Waals surface area (Å²) in [6, 6.07) is 6.73. The maximum absolute atomic E-state index is 12.9. The van der Waals surface area contributed by atoms with Crippen LogP contribution in [0.2, 0.25) is 0 Å². The van der Waals surface area contributed by atoms with E-state index in [9.17, 15) is 13.2 Å². The first kappa shape index (κ1) is 12.2. The quantitative estimate of drug-likeness (QED) is 0.866. The van der Waals surface area contributed by atoms with Crippen LogP contribution >= 0.6 is 0 Å². The first-order valence-corrected chi connectivity index (χ1v) is 5.64. The Balaban J connectivity index is 2.37. The monoisotopic (exact) mass is 244 g/mol. The van der Waals surface area contributed by atoms with Crippen molar-refractivity contribution in [2.45, 2.75) is 18.5 Å². The molecule has 2 N–H and O–H groups in total. The molecule has 0 saturated heterocycles. The van der Waals surface area contributed by atoms with Gasteiger partial charge in [0.2, 0.25) is 0 Å². The van der Waals surface area contributed by atoms with E-state index in [0.29, 0.717) is 30.9 Å². The van der Waals surface area contributed by atoms with Crippen LogP contribution in [0.4, 0.5) is 18.9 Å². The summed E-state index contributed by atoms with van der Waals surface area (Å²) in [5.41, 5.74) is 6.52. The standard InChI is InChI=1S/C12H15F3N2/c13-12(14,15)10-5-7-17(8-6-16)11-4-2-1-3-9(10)11/h1-4,10H,5-8,16H2/t10-/m0/s1. The van der Waals surface area contributed by atoms with Crippen molar-refractivity contribution in [1.29, 1.82) is 0 Å². The van der Waals surface area contributed by atoms with Crippen molar-refractivity contribution in [2.24, 2.45) is 5.73 Å². The average Bonchev–Trinajstić information content (AvgIpc) is 2.28. The molecule has 0 amide bonds. The van der Waals surface area contributed by atoms with E-state index in [1.54, 1.807) is 24.3 Å². The van der Waals surface area contributed by atoms with Gasteiger partial charge in [0.25, 0.3) is 0 Å². The molecule has 5 heteroatoms. The topological polar surface area (TPSA) is 29.3 Å². The smallest absolute Gasteiger partial charge is 0.370 e. The minimum Gasteiger partial charge on any atom is -0.370 e. The number of rotatable bonds is 2. The molecule has 0 unspecified atom stereocenters. The predicted octanol–water partition coefficient (Wildman–Crippen LogP) is 2.50. The molecule has 1 aliphatic rings. The lowest BCUT2D eigenvalue weighted by atomic mass is 9.89. The van der Waals surface area contributed by atoms with Crippen LogP contribution in [-0.2, 0) is 0 Å². The zero-order chi connectivity index (χ0) is 12.5. The molecule has 0 aromatic heterocycles. The molecule has 1 atom stereocenters. The van der Waals surface area contributed by atoms with Crippen LogP contribution in [0.5, 0.6) is 0 Å². The highest BCUT2D eigenvalue weighted by molar-refractivity contribution is 5.57. The highest BCUT2D eigenvalue weighted by Crippen LogP contribution is 2.44. The Kier molecular flexibility index (Phi) is 3.28. The fourth-order valence-corrected chi connectivity index (χ4v) is 2.36. The second-order valence-electron chi connectivity index (χ2n) is 4.22. The molecule has 0 radical (unpaired) electrons. The lowest BCUT2D eigenvalue weighted by Gasteiger charge is -2.36. The van der Waals surface area contributed by atoms with E-state index in [-0.39, 0.29) is 6.42 Å². The fraction of sp³-hybridized carbons (Fsp3) is 0.500. The van der Waals surface area contributed by atoms with Crippen LogP contribution in [-0.4, -0.2) is 25.8 Å². The van der Waals surface area contributed by atoms with E-state index in [2.05, 4.69) is 0 Å². The van der Waals surface area contributed by atoms with Crippen LogP contribution in [0.25, 0.3) is 0 Å². The first-order valence-electron chi connectivity index (χ1n) is 5.64. The fourth-order valence-electron chi connectivity index (χ4n) is 2.36. The third-order valence-electron chi connectivity index (χ3n) is 3.13. The van der Waals surface area contributed by atoms with Gasteiger partial charge in [0.05, 0.1) is 5.92 Å². The van der Waals surface area contributed by atoms with Gasteiger partial charge in [-0.05, 0) is 18.1 Å². The highest BCUT2D eigenvalue weighted by atomic mass is 19.4. The largest absolute Gasteiger partial charge is 0.395 e. The molecule has 0 spiro atoms. The van der Waals surface area contributed by atoms with Crippen LogP contribution in [0.15, 0.2) is 24.3 Å². The van der Waals surface area contributed by atoms with Crippen LogP contribution in [0.1, 0.15) is 17.9 Å². The number of nitrogens with zero attached hydrogens (tertiary/aromatic N) is 1. The molecule has 2 rings (SSSR count). The summed E-state index contributed by atoms with van der Waals surface area (Å²) < 4.78 is 38.7. The first-order chi connectivity index (χ1) is 8.04. The number of hydrogen-bond donors (Lipinski definition) is 1. The number of benzene rings is 1. The summed E-state index contributed by atoms with van der Waals surface area (Å²) in [7, 11) is 0. The SMILES string of the molecule is NCCN1CC[C@H](C(F)(F)F)c2ccccc21. The van der Waals surface area contributed by atoms with Gasteiger partial charge in [-0.25, -0.2) is 0 Å². The molecule has 1 aliphatic heterocycles. The Morgan fingerprint density at radius 2 is 2.00 bits per heavy atom. The van der Waals surface area contributed by atoms with E-state index in [4.69, 9.17) is 5.73 Å². The van der Waals surface area contributed by atoms with Crippen LogP contribution in [0, 0.1) is 0 Å². The molecule has 1 aromatic rings. The molecule has 0 aliphatic carbocycles. The molecule has 2 nitrogen and oxygen atoms in total. The molecule has 0 bridgehead atoms. The summed E-state index contributed by atoms with van der Waals surface area (Å²) in [4.78, 5) is 1.93. The Labute approximate surface area is 98.2 Å². The summed E-state index contributed by atoms with van der Waals surface area (Å²) in [6.07, 6.45) is -4.05. The average molecular weight is 244 g/mol. The third kappa shape index (κ3) is 2.39. The van der Waals surface area contributed by atoms with Gasteiger partial charge in [-0.2, -0.15) is 13.2 Å². The van der Waals surface area contributed by atoms with E-state index < -0.39 is 12.1 Å². The number of alkyl halides is 3. The van der Waals surface area contributed by atoms with E-state index in [1.165, 1.54) is 0 Å². The number of nitrogens with two attached hydrogens (primary N) is 1. The lowest BCUT2D eigenvalue weighted by Crippen LogP contribution is -2.38. The summed E-state index contributed by atoms with van der Waals surface area (Å²) in [6.45, 7) is 1.46. The van der Waals surface area contributed by atoms with Crippen molar-refractivity contribution in [3.63, 3.8) is 0 Å². The van der Waals surface area contributed by atoms with Gasteiger partial charge in [0.15, 0.2) is 0 Å². The van der Waals surface area contributed by atoms with E-state index in [0.717, 1.165) is 0 Å².